The fourth-order valence-electron chi connectivity index (χ4n) is 4.24. The molecule has 0 aliphatic rings. The number of esters is 1. The Bertz CT molecular complexity index is 1190. The minimum absolute atomic E-state index is 0.171. The third kappa shape index (κ3) is 8.30. The molecule has 204 valence electrons. The van der Waals surface area contributed by atoms with Gasteiger partial charge in [-0.05, 0) is 67.5 Å². The van der Waals surface area contributed by atoms with E-state index in [1.54, 1.807) is 25.2 Å². The Balaban J connectivity index is 1.71. The summed E-state index contributed by atoms with van der Waals surface area (Å²) in [6, 6.07) is 19.0. The zero-order chi connectivity index (χ0) is 27.3. The lowest BCUT2D eigenvalue weighted by Crippen LogP contribution is -2.40. The summed E-state index contributed by atoms with van der Waals surface area (Å²) in [5.74, 6) is -0.110. The largest absolute Gasteiger partial charge is 0.491 e. The van der Waals surface area contributed by atoms with Gasteiger partial charge in [-0.3, -0.25) is 4.79 Å². The van der Waals surface area contributed by atoms with Crippen molar-refractivity contribution in [2.45, 2.75) is 46.1 Å². The molecule has 0 bridgehead atoms. The number of likely N-dealkylation sites (N-methyl/N-ethyl adjacent to an activating group) is 2. The van der Waals surface area contributed by atoms with Gasteiger partial charge in [-0.15, -0.1) is 0 Å². The van der Waals surface area contributed by atoms with Crippen molar-refractivity contribution in [2.24, 2.45) is 0 Å². The first-order valence-corrected chi connectivity index (χ1v) is 13.6. The molecule has 1 amide bonds. The Morgan fingerprint density at radius 1 is 0.921 bits per heavy atom. The molecule has 7 nitrogen and oxygen atoms in total. The predicted molar refractivity (Wildman–Crippen MR) is 154 cm³/mol. The van der Waals surface area contributed by atoms with Crippen LogP contribution in [0.2, 0.25) is 0 Å². The van der Waals surface area contributed by atoms with Crippen molar-refractivity contribution in [2.75, 3.05) is 45.2 Å². The SMILES string of the molecule is CCCCOc1cc(C(=O)OCCN(CC)CC)ccc1NC(=O)[C@H](Cc1ccc2ccccc2c1)NC. The molecule has 7 heteroatoms. The zero-order valence-corrected chi connectivity index (χ0v) is 23.1. The van der Waals surface area contributed by atoms with Crippen LogP contribution in [0.1, 0.15) is 49.5 Å². The fraction of sp³-hybridized carbons (Fsp3) is 0.419. The van der Waals surface area contributed by atoms with Crippen molar-refractivity contribution in [3.05, 3.63) is 71.8 Å². The number of benzene rings is 3. The van der Waals surface area contributed by atoms with Crippen LogP contribution in [-0.2, 0) is 16.0 Å². The van der Waals surface area contributed by atoms with E-state index in [2.05, 4.69) is 66.6 Å². The van der Waals surface area contributed by atoms with E-state index in [4.69, 9.17) is 9.47 Å². The fourth-order valence-corrected chi connectivity index (χ4v) is 4.24. The van der Waals surface area contributed by atoms with E-state index in [1.165, 1.54) is 5.39 Å². The molecule has 0 fully saturated rings. The summed E-state index contributed by atoms with van der Waals surface area (Å²) in [6.45, 7) is 9.57. The zero-order valence-electron chi connectivity index (χ0n) is 23.1. The van der Waals surface area contributed by atoms with E-state index in [9.17, 15) is 9.59 Å². The Labute approximate surface area is 226 Å². The molecular formula is C31H41N3O4. The van der Waals surface area contributed by atoms with Crippen LogP contribution in [0.15, 0.2) is 60.7 Å². The summed E-state index contributed by atoms with van der Waals surface area (Å²) in [5.41, 5.74) is 2.00. The molecule has 0 aromatic heterocycles. The van der Waals surface area contributed by atoms with Crippen LogP contribution in [0.5, 0.6) is 5.75 Å². The normalized spacial score (nSPS) is 11.9. The maximum Gasteiger partial charge on any atom is 0.338 e. The maximum atomic E-state index is 13.2. The van der Waals surface area contributed by atoms with Crippen molar-refractivity contribution in [3.8, 4) is 5.75 Å². The minimum Gasteiger partial charge on any atom is -0.491 e. The molecule has 0 saturated heterocycles. The third-order valence-corrected chi connectivity index (χ3v) is 6.68. The number of nitrogens with one attached hydrogen (secondary N) is 2. The van der Waals surface area contributed by atoms with Crippen LogP contribution >= 0.6 is 0 Å². The molecule has 0 aliphatic heterocycles. The summed E-state index contributed by atoms with van der Waals surface area (Å²) < 4.78 is 11.5. The number of hydrogen-bond donors (Lipinski definition) is 2. The Kier molecular flexibility index (Phi) is 11.6. The molecule has 3 aromatic carbocycles. The average molecular weight is 520 g/mol. The number of carbonyl (C=O) groups is 2. The highest BCUT2D eigenvalue weighted by molar-refractivity contribution is 5.98. The first kappa shape index (κ1) is 29.1. The molecule has 0 radical (unpaired) electrons. The molecule has 3 rings (SSSR count). The monoisotopic (exact) mass is 519 g/mol. The van der Waals surface area contributed by atoms with Crippen molar-refractivity contribution in [1.29, 1.82) is 0 Å². The smallest absolute Gasteiger partial charge is 0.338 e. The minimum atomic E-state index is -0.440. The second kappa shape index (κ2) is 15.1. The number of fused-ring (bicyclic) bond motifs is 1. The molecule has 38 heavy (non-hydrogen) atoms. The van der Waals surface area contributed by atoms with Crippen LogP contribution in [0.25, 0.3) is 10.8 Å². The van der Waals surface area contributed by atoms with Gasteiger partial charge in [0.15, 0.2) is 0 Å². The number of anilines is 1. The first-order valence-electron chi connectivity index (χ1n) is 13.6. The summed E-state index contributed by atoms with van der Waals surface area (Å²) in [7, 11) is 1.78. The van der Waals surface area contributed by atoms with Crippen molar-refractivity contribution >= 4 is 28.3 Å². The van der Waals surface area contributed by atoms with Crippen molar-refractivity contribution in [1.82, 2.24) is 10.2 Å². The van der Waals surface area contributed by atoms with Gasteiger partial charge >= 0.3 is 5.97 Å². The summed E-state index contributed by atoms with van der Waals surface area (Å²) in [5, 5.41) is 8.44. The predicted octanol–water partition coefficient (Wildman–Crippen LogP) is 5.29. The number of unbranched alkanes of at least 4 members (excludes halogenated alkanes) is 1. The van der Waals surface area contributed by atoms with Crippen molar-refractivity contribution in [3.63, 3.8) is 0 Å². The van der Waals surface area contributed by atoms with E-state index in [1.807, 2.05) is 12.1 Å². The molecule has 2 N–H and O–H groups in total. The highest BCUT2D eigenvalue weighted by Crippen LogP contribution is 2.27. The molecule has 0 unspecified atom stereocenters. The summed E-state index contributed by atoms with van der Waals surface area (Å²) in [4.78, 5) is 28.1. The van der Waals surface area contributed by atoms with Gasteiger partial charge < -0.3 is 25.0 Å². The van der Waals surface area contributed by atoms with Crippen LogP contribution in [-0.4, -0.2) is 62.7 Å². The van der Waals surface area contributed by atoms with E-state index in [-0.39, 0.29) is 5.91 Å². The number of nitrogens with zero attached hydrogens (tertiary/aromatic N) is 1. The van der Waals surface area contributed by atoms with Gasteiger partial charge in [0.25, 0.3) is 0 Å². The lowest BCUT2D eigenvalue weighted by molar-refractivity contribution is -0.118. The lowest BCUT2D eigenvalue weighted by atomic mass is 10.0. The second-order valence-corrected chi connectivity index (χ2v) is 9.29. The lowest BCUT2D eigenvalue weighted by Gasteiger charge is -2.19. The van der Waals surface area contributed by atoms with Gasteiger partial charge in [-0.1, -0.05) is 69.7 Å². The highest BCUT2D eigenvalue weighted by Gasteiger charge is 2.20. The molecule has 0 heterocycles. The summed E-state index contributed by atoms with van der Waals surface area (Å²) in [6.07, 6.45) is 2.38. The molecular weight excluding hydrogens is 478 g/mol. The van der Waals surface area contributed by atoms with Crippen LogP contribution < -0.4 is 15.4 Å². The van der Waals surface area contributed by atoms with E-state index >= 15 is 0 Å². The van der Waals surface area contributed by atoms with Gasteiger partial charge in [0.1, 0.15) is 12.4 Å². The highest BCUT2D eigenvalue weighted by atomic mass is 16.5. The quantitative estimate of drug-likeness (QED) is 0.210. The number of amides is 1. The van der Waals surface area contributed by atoms with Crippen LogP contribution in [0, 0.1) is 0 Å². The average Bonchev–Trinajstić information content (AvgIpc) is 2.94. The van der Waals surface area contributed by atoms with E-state index in [0.29, 0.717) is 43.2 Å². The van der Waals surface area contributed by atoms with E-state index < -0.39 is 12.0 Å². The Morgan fingerprint density at radius 3 is 2.39 bits per heavy atom. The number of hydrogen-bond acceptors (Lipinski definition) is 6. The van der Waals surface area contributed by atoms with E-state index in [0.717, 1.165) is 36.9 Å². The van der Waals surface area contributed by atoms with Crippen LogP contribution in [0.3, 0.4) is 0 Å². The molecule has 0 saturated carbocycles. The molecule has 0 spiro atoms. The Hall–Kier alpha value is -3.42. The van der Waals surface area contributed by atoms with Gasteiger partial charge in [-0.2, -0.15) is 0 Å². The van der Waals surface area contributed by atoms with Gasteiger partial charge in [0.2, 0.25) is 5.91 Å². The standard InChI is InChI=1S/C31H41N3O4/c1-5-8-18-37-29-22-26(31(36)38-19-17-34(6-2)7-3)15-16-27(29)33-30(35)28(32-4)21-23-13-14-24-11-9-10-12-25(24)20-23/h9-16,20,22,28,32H,5-8,17-19,21H2,1-4H3,(H,33,35)/t28-/m0/s1. The maximum absolute atomic E-state index is 13.2. The Morgan fingerprint density at radius 2 is 1.68 bits per heavy atom. The number of ether oxygens (including phenoxy) is 2. The molecule has 0 aliphatic carbocycles. The van der Waals surface area contributed by atoms with Crippen LogP contribution in [0.4, 0.5) is 5.69 Å². The number of carbonyl (C=O) groups excluding carboxylic acids is 2. The topological polar surface area (TPSA) is 79.9 Å². The van der Waals surface area contributed by atoms with Gasteiger partial charge in [0, 0.05) is 6.54 Å². The van der Waals surface area contributed by atoms with Gasteiger partial charge in [0.05, 0.1) is 23.9 Å². The van der Waals surface area contributed by atoms with Crippen molar-refractivity contribution < 1.29 is 19.1 Å². The second-order valence-electron chi connectivity index (χ2n) is 9.29. The summed E-state index contributed by atoms with van der Waals surface area (Å²) >= 11 is 0. The van der Waals surface area contributed by atoms with Gasteiger partial charge in [-0.25, -0.2) is 4.79 Å². The first-order chi connectivity index (χ1) is 18.5. The molecule has 1 atom stereocenters. The molecule has 3 aromatic rings. The third-order valence-electron chi connectivity index (χ3n) is 6.68. The number of rotatable bonds is 15.